The molecule has 0 aliphatic carbocycles. The number of rotatable bonds is 3. The fourth-order valence-electron chi connectivity index (χ4n) is 4.14. The minimum Gasteiger partial charge on any atom is -0.342 e. The molecule has 1 aromatic heterocycles. The van der Waals surface area contributed by atoms with Crippen molar-refractivity contribution in [3.8, 4) is 0 Å². The van der Waals surface area contributed by atoms with Crippen LogP contribution in [0.3, 0.4) is 0 Å². The number of hydrogen-bond donors (Lipinski definition) is 0. The highest BCUT2D eigenvalue weighted by Crippen LogP contribution is 2.28. The average molecular weight is 356 g/mol. The molecule has 1 saturated heterocycles. The van der Waals surface area contributed by atoms with Crippen molar-refractivity contribution in [2.24, 2.45) is 0 Å². The van der Waals surface area contributed by atoms with Gasteiger partial charge in [-0.05, 0) is 37.3 Å². The Bertz CT molecular complexity index is 788. The molecule has 1 aromatic carbocycles. The lowest BCUT2D eigenvalue weighted by atomic mass is 9.96. The topological polar surface area (TPSA) is 51.0 Å². The first-order valence-corrected chi connectivity index (χ1v) is 9.65. The van der Waals surface area contributed by atoms with Gasteiger partial charge in [-0.3, -0.25) is 4.79 Å². The summed E-state index contributed by atoms with van der Waals surface area (Å²) in [5, 5.41) is 8.87. The van der Waals surface area contributed by atoms with Crippen molar-refractivity contribution >= 4 is 5.91 Å². The van der Waals surface area contributed by atoms with Gasteiger partial charge in [0.1, 0.15) is 17.5 Å². The summed E-state index contributed by atoms with van der Waals surface area (Å²) in [5.74, 6) is 2.04. The summed E-state index contributed by atoms with van der Waals surface area (Å²) < 4.78 is 16.1. The van der Waals surface area contributed by atoms with Crippen LogP contribution in [0.4, 0.5) is 4.39 Å². The Morgan fingerprint density at radius 3 is 2.88 bits per heavy atom. The van der Waals surface area contributed by atoms with E-state index in [4.69, 9.17) is 0 Å². The molecule has 6 heteroatoms. The zero-order valence-electron chi connectivity index (χ0n) is 15.0. The maximum Gasteiger partial charge on any atom is 0.227 e. The van der Waals surface area contributed by atoms with E-state index in [-0.39, 0.29) is 24.1 Å². The summed E-state index contributed by atoms with van der Waals surface area (Å²) in [5.41, 5.74) is 0.468. The van der Waals surface area contributed by atoms with Gasteiger partial charge in [-0.1, -0.05) is 24.6 Å². The fourth-order valence-corrected chi connectivity index (χ4v) is 4.14. The van der Waals surface area contributed by atoms with Crippen LogP contribution in [-0.4, -0.2) is 38.7 Å². The molecular weight excluding hydrogens is 331 g/mol. The largest absolute Gasteiger partial charge is 0.342 e. The third-order valence-electron chi connectivity index (χ3n) is 5.58. The van der Waals surface area contributed by atoms with Crippen LogP contribution in [0.5, 0.6) is 0 Å². The van der Waals surface area contributed by atoms with Gasteiger partial charge in [-0.2, -0.15) is 0 Å². The summed E-state index contributed by atoms with van der Waals surface area (Å²) in [7, 11) is 0. The van der Waals surface area contributed by atoms with E-state index < -0.39 is 0 Å². The van der Waals surface area contributed by atoms with Crippen LogP contribution in [0.25, 0.3) is 0 Å². The van der Waals surface area contributed by atoms with Gasteiger partial charge < -0.3 is 9.47 Å². The predicted octanol–water partition coefficient (Wildman–Crippen LogP) is 3.09. The molecule has 3 heterocycles. The molecule has 1 fully saturated rings. The molecule has 2 aromatic rings. The van der Waals surface area contributed by atoms with Gasteiger partial charge in [0.15, 0.2) is 0 Å². The summed E-state index contributed by atoms with van der Waals surface area (Å²) >= 11 is 0. The Morgan fingerprint density at radius 2 is 2.00 bits per heavy atom. The molecule has 4 rings (SSSR count). The number of carbonyl (C=O) groups excluding carboxylic acids is 1. The van der Waals surface area contributed by atoms with Gasteiger partial charge >= 0.3 is 0 Å². The van der Waals surface area contributed by atoms with Crippen molar-refractivity contribution in [1.82, 2.24) is 19.7 Å². The second-order valence-electron chi connectivity index (χ2n) is 7.38. The van der Waals surface area contributed by atoms with E-state index in [1.807, 2.05) is 4.90 Å². The fraction of sp³-hybridized carbons (Fsp3) is 0.550. The zero-order chi connectivity index (χ0) is 17.9. The lowest BCUT2D eigenvalue weighted by Gasteiger charge is -2.32. The molecule has 2 aliphatic rings. The zero-order valence-corrected chi connectivity index (χ0v) is 15.0. The predicted molar refractivity (Wildman–Crippen MR) is 96.2 cm³/mol. The van der Waals surface area contributed by atoms with E-state index in [0.29, 0.717) is 12.1 Å². The molecule has 0 spiro atoms. The van der Waals surface area contributed by atoms with Crippen molar-refractivity contribution in [3.05, 3.63) is 47.3 Å². The number of fused-ring (bicyclic) bond motifs is 1. The Labute approximate surface area is 153 Å². The van der Waals surface area contributed by atoms with E-state index >= 15 is 0 Å². The van der Waals surface area contributed by atoms with Crippen LogP contribution in [-0.2, 0) is 24.2 Å². The van der Waals surface area contributed by atoms with Gasteiger partial charge in [-0.15, -0.1) is 10.2 Å². The number of aromatic nitrogens is 3. The van der Waals surface area contributed by atoms with Crippen molar-refractivity contribution < 1.29 is 9.18 Å². The van der Waals surface area contributed by atoms with Crippen LogP contribution in [0.1, 0.15) is 55.2 Å². The van der Waals surface area contributed by atoms with Crippen LogP contribution in [0.15, 0.2) is 24.3 Å². The first kappa shape index (κ1) is 17.2. The van der Waals surface area contributed by atoms with Gasteiger partial charge in [0.2, 0.25) is 5.91 Å². The van der Waals surface area contributed by atoms with E-state index in [1.54, 1.807) is 18.2 Å². The number of nitrogens with zero attached hydrogens (tertiary/aromatic N) is 4. The Hall–Kier alpha value is -2.24. The van der Waals surface area contributed by atoms with Gasteiger partial charge in [-0.25, -0.2) is 4.39 Å². The monoisotopic (exact) mass is 356 g/mol. The molecule has 0 N–H and O–H groups in total. The van der Waals surface area contributed by atoms with E-state index in [1.165, 1.54) is 25.3 Å². The summed E-state index contributed by atoms with van der Waals surface area (Å²) in [4.78, 5) is 14.6. The van der Waals surface area contributed by atoms with Crippen molar-refractivity contribution in [3.63, 3.8) is 0 Å². The molecule has 5 nitrogen and oxygen atoms in total. The first-order valence-electron chi connectivity index (χ1n) is 9.65. The second-order valence-corrected chi connectivity index (χ2v) is 7.38. The average Bonchev–Trinajstić information content (AvgIpc) is 2.92. The number of amides is 1. The molecule has 0 unspecified atom stereocenters. The van der Waals surface area contributed by atoms with Crippen LogP contribution in [0.2, 0.25) is 0 Å². The summed E-state index contributed by atoms with van der Waals surface area (Å²) in [6.07, 6.45) is 6.68. The van der Waals surface area contributed by atoms with Crippen molar-refractivity contribution in [2.75, 3.05) is 13.1 Å². The highest BCUT2D eigenvalue weighted by molar-refractivity contribution is 5.79. The highest BCUT2D eigenvalue weighted by Gasteiger charge is 2.29. The van der Waals surface area contributed by atoms with Crippen molar-refractivity contribution in [2.45, 2.75) is 57.4 Å². The lowest BCUT2D eigenvalue weighted by Crippen LogP contribution is -2.40. The van der Waals surface area contributed by atoms with E-state index in [2.05, 4.69) is 14.8 Å². The number of halogens is 1. The number of benzene rings is 1. The normalized spacial score (nSPS) is 20.5. The van der Waals surface area contributed by atoms with Crippen LogP contribution >= 0.6 is 0 Å². The standard InChI is InChI=1S/C20H25FN4O/c21-17-9-4-3-7-15(17)13-19(26)24-11-6-8-16(14-24)20-23-22-18-10-2-1-5-12-25(18)20/h3-4,7,9,16H,1-2,5-6,8,10-14H2/t16-/m0/s1. The Balaban J connectivity index is 1.47. The first-order chi connectivity index (χ1) is 12.7. The third-order valence-corrected chi connectivity index (χ3v) is 5.58. The molecular formula is C20H25FN4O. The SMILES string of the molecule is O=C(Cc1ccccc1F)N1CCC[C@H](c2nnc3n2CCCCC3)C1. The molecule has 138 valence electrons. The molecule has 0 radical (unpaired) electrons. The number of aryl methyl sites for hydroxylation is 1. The number of carbonyl (C=O) groups is 1. The minimum atomic E-state index is -0.308. The molecule has 2 aliphatic heterocycles. The second kappa shape index (κ2) is 7.56. The minimum absolute atomic E-state index is 0.00425. The number of hydrogen-bond acceptors (Lipinski definition) is 3. The Kier molecular flexibility index (Phi) is 5.00. The third kappa shape index (κ3) is 3.50. The summed E-state index contributed by atoms with van der Waals surface area (Å²) in [6.45, 7) is 2.38. The van der Waals surface area contributed by atoms with Crippen molar-refractivity contribution in [1.29, 1.82) is 0 Å². The molecule has 1 amide bonds. The maximum atomic E-state index is 13.9. The number of piperidine rings is 1. The van der Waals surface area contributed by atoms with Crippen LogP contribution in [0, 0.1) is 5.82 Å². The smallest absolute Gasteiger partial charge is 0.227 e. The highest BCUT2D eigenvalue weighted by atomic mass is 19.1. The van der Waals surface area contributed by atoms with E-state index in [0.717, 1.165) is 44.0 Å². The van der Waals surface area contributed by atoms with E-state index in [9.17, 15) is 9.18 Å². The van der Waals surface area contributed by atoms with Gasteiger partial charge in [0, 0.05) is 32.0 Å². The van der Waals surface area contributed by atoms with Crippen LogP contribution < -0.4 is 0 Å². The number of likely N-dealkylation sites (tertiary alicyclic amines) is 1. The summed E-state index contributed by atoms with van der Waals surface area (Å²) in [6, 6.07) is 6.52. The molecule has 1 atom stereocenters. The maximum absolute atomic E-state index is 13.9. The molecule has 0 bridgehead atoms. The molecule has 26 heavy (non-hydrogen) atoms. The van der Waals surface area contributed by atoms with Gasteiger partial charge in [0.25, 0.3) is 0 Å². The van der Waals surface area contributed by atoms with Gasteiger partial charge in [0.05, 0.1) is 6.42 Å². The molecule has 0 saturated carbocycles. The quantitative estimate of drug-likeness (QED) is 0.849. The Morgan fingerprint density at radius 1 is 1.12 bits per heavy atom. The lowest BCUT2D eigenvalue weighted by molar-refractivity contribution is -0.131.